The lowest BCUT2D eigenvalue weighted by Crippen LogP contribution is -1.92. The number of aliphatic carboxylic acids is 1. The Morgan fingerprint density at radius 1 is 0.909 bits per heavy atom. The lowest BCUT2D eigenvalue weighted by Gasteiger charge is -1.79. The highest BCUT2D eigenvalue weighted by Crippen LogP contribution is 2.04. The predicted molar refractivity (Wildman–Crippen MR) is 81.1 cm³/mol. The Balaban J connectivity index is 0.000000245. The highest BCUT2D eigenvalue weighted by Gasteiger charge is 2.13. The van der Waals surface area contributed by atoms with Gasteiger partial charge in [0.15, 0.2) is 0 Å². The summed E-state index contributed by atoms with van der Waals surface area (Å²) in [7, 11) is 0. The van der Waals surface area contributed by atoms with Crippen molar-refractivity contribution >= 4 is 5.97 Å². The van der Waals surface area contributed by atoms with E-state index in [0.29, 0.717) is 6.10 Å². The molecule has 1 N–H and O–H groups in total. The van der Waals surface area contributed by atoms with Gasteiger partial charge in [-0.3, -0.25) is 0 Å². The number of ether oxygens (including phenoxy) is 5. The monoisotopic (exact) mass is 320 g/mol. The molecule has 22 heavy (non-hydrogen) atoms. The summed E-state index contributed by atoms with van der Waals surface area (Å²) in [5.41, 5.74) is 0.176. The van der Waals surface area contributed by atoms with Gasteiger partial charge in [-0.05, 0) is 13.8 Å². The van der Waals surface area contributed by atoms with E-state index in [1.165, 1.54) is 6.92 Å². The van der Waals surface area contributed by atoms with Crippen LogP contribution in [0.2, 0.25) is 0 Å². The van der Waals surface area contributed by atoms with Gasteiger partial charge in [0.2, 0.25) is 0 Å². The Hall–Kier alpha value is -0.990. The maximum absolute atomic E-state index is 9.60. The predicted octanol–water partition coefficient (Wildman–Crippen LogP) is 1.12. The first kappa shape index (κ1) is 21.0. The first-order valence-corrected chi connectivity index (χ1v) is 7.35. The molecule has 1 unspecified atom stereocenters. The molecule has 0 spiro atoms. The number of rotatable bonds is 1. The van der Waals surface area contributed by atoms with Crippen molar-refractivity contribution in [3.05, 3.63) is 12.2 Å². The summed E-state index contributed by atoms with van der Waals surface area (Å²) in [6.45, 7) is 15.6. The summed E-state index contributed by atoms with van der Waals surface area (Å²) in [4.78, 5) is 9.60. The second-order valence-electron chi connectivity index (χ2n) is 4.68. The van der Waals surface area contributed by atoms with Crippen molar-refractivity contribution in [1.29, 1.82) is 0 Å². The molecule has 5 heterocycles. The van der Waals surface area contributed by atoms with Crippen molar-refractivity contribution in [2.24, 2.45) is 0 Å². The number of hydrogen-bond donors (Lipinski definition) is 1. The summed E-state index contributed by atoms with van der Waals surface area (Å²) in [5, 5.41) is 7.89. The largest absolute Gasteiger partial charge is 0.478 e. The standard InChI is InChI=1S/C4H6O2.C3H6O.4C2H4O/c1-3(2)4(5)6;1-3-2-4-3;4*1-2-3-1/h1H2,2H3,(H,5,6);3H,2H2,1H3;4*1-2H2. The molecular weight excluding hydrogens is 292 g/mol. The van der Waals surface area contributed by atoms with E-state index in [9.17, 15) is 4.79 Å². The first-order valence-electron chi connectivity index (χ1n) is 7.35. The third kappa shape index (κ3) is 61.5. The smallest absolute Gasteiger partial charge is 0.330 e. The van der Waals surface area contributed by atoms with Crippen LogP contribution in [0.3, 0.4) is 0 Å². The molecule has 0 radical (unpaired) electrons. The molecule has 1 atom stereocenters. The van der Waals surface area contributed by atoms with Crippen LogP contribution in [0.15, 0.2) is 12.2 Å². The molecular formula is C15H28O7. The molecule has 0 aromatic carbocycles. The van der Waals surface area contributed by atoms with Gasteiger partial charge in [0.25, 0.3) is 0 Å². The van der Waals surface area contributed by atoms with Crippen LogP contribution >= 0.6 is 0 Å². The van der Waals surface area contributed by atoms with Gasteiger partial charge >= 0.3 is 5.97 Å². The fraction of sp³-hybridized carbons (Fsp3) is 0.800. The van der Waals surface area contributed by atoms with E-state index in [1.54, 1.807) is 0 Å². The van der Waals surface area contributed by atoms with Crippen molar-refractivity contribution in [3.8, 4) is 0 Å². The summed E-state index contributed by atoms with van der Waals surface area (Å²) >= 11 is 0. The molecule has 5 fully saturated rings. The van der Waals surface area contributed by atoms with Gasteiger partial charge in [-0.25, -0.2) is 4.79 Å². The number of carboxylic acids is 1. The van der Waals surface area contributed by atoms with Gasteiger partial charge in [0.1, 0.15) is 0 Å². The van der Waals surface area contributed by atoms with Gasteiger partial charge in [-0.1, -0.05) is 6.58 Å². The van der Waals surface area contributed by atoms with E-state index in [4.69, 9.17) is 9.84 Å². The molecule has 130 valence electrons. The van der Waals surface area contributed by atoms with Crippen LogP contribution in [0, 0.1) is 0 Å². The van der Waals surface area contributed by atoms with Crippen molar-refractivity contribution in [1.82, 2.24) is 0 Å². The van der Waals surface area contributed by atoms with E-state index in [2.05, 4.69) is 32.5 Å². The first-order chi connectivity index (χ1) is 10.5. The zero-order valence-electron chi connectivity index (χ0n) is 13.5. The lowest BCUT2D eigenvalue weighted by molar-refractivity contribution is -0.132. The minimum atomic E-state index is -0.935. The zero-order valence-corrected chi connectivity index (χ0v) is 13.5. The molecule has 5 aliphatic rings. The Kier molecular flexibility index (Phi) is 14.3. The number of hydrogen-bond acceptors (Lipinski definition) is 6. The molecule has 0 aromatic rings. The molecule has 5 aliphatic heterocycles. The average Bonchev–Trinajstić information content (AvgIpc) is 3.26. The van der Waals surface area contributed by atoms with Crippen LogP contribution < -0.4 is 0 Å². The third-order valence-corrected chi connectivity index (χ3v) is 1.68. The molecule has 0 bridgehead atoms. The fourth-order valence-corrected chi connectivity index (χ4v) is 0.0962. The van der Waals surface area contributed by atoms with Crippen LogP contribution in [0.25, 0.3) is 0 Å². The summed E-state index contributed by atoms with van der Waals surface area (Å²) in [6.07, 6.45) is 0.583. The van der Waals surface area contributed by atoms with Crippen LogP contribution in [-0.2, 0) is 28.5 Å². The second-order valence-corrected chi connectivity index (χ2v) is 4.68. The van der Waals surface area contributed by atoms with E-state index < -0.39 is 5.97 Å². The number of carboxylic acid groups (broad SMARTS) is 1. The maximum atomic E-state index is 9.60. The van der Waals surface area contributed by atoms with Crippen molar-refractivity contribution in [2.45, 2.75) is 20.0 Å². The minimum absolute atomic E-state index is 0.176. The fourth-order valence-electron chi connectivity index (χ4n) is 0.0962. The Morgan fingerprint density at radius 2 is 1.05 bits per heavy atom. The molecule has 0 saturated carbocycles. The molecule has 7 nitrogen and oxygen atoms in total. The molecule has 0 aromatic heterocycles. The van der Waals surface area contributed by atoms with Gasteiger partial charge in [-0.15, -0.1) is 0 Å². The lowest BCUT2D eigenvalue weighted by atomic mass is 10.4. The van der Waals surface area contributed by atoms with Gasteiger partial charge < -0.3 is 28.8 Å². The minimum Gasteiger partial charge on any atom is -0.478 e. The van der Waals surface area contributed by atoms with Gasteiger partial charge in [0.05, 0.1) is 65.6 Å². The second kappa shape index (κ2) is 14.9. The molecule has 0 aliphatic carbocycles. The van der Waals surface area contributed by atoms with E-state index in [-0.39, 0.29) is 5.57 Å². The molecule has 5 rings (SSSR count). The van der Waals surface area contributed by atoms with Gasteiger partial charge in [-0.2, -0.15) is 0 Å². The normalized spacial score (nSPS) is 22.4. The quantitative estimate of drug-likeness (QED) is 0.570. The Morgan fingerprint density at radius 3 is 1.05 bits per heavy atom. The van der Waals surface area contributed by atoms with Crippen LogP contribution in [0.1, 0.15) is 13.8 Å². The van der Waals surface area contributed by atoms with Crippen LogP contribution in [-0.4, -0.2) is 76.6 Å². The zero-order chi connectivity index (χ0) is 16.6. The maximum Gasteiger partial charge on any atom is 0.330 e. The Labute approximate surface area is 132 Å². The van der Waals surface area contributed by atoms with E-state index >= 15 is 0 Å². The van der Waals surface area contributed by atoms with Crippen LogP contribution in [0.5, 0.6) is 0 Å². The topological polar surface area (TPSA) is 100.0 Å². The third-order valence-electron chi connectivity index (χ3n) is 1.68. The van der Waals surface area contributed by atoms with E-state index in [0.717, 1.165) is 59.5 Å². The average molecular weight is 320 g/mol. The summed E-state index contributed by atoms with van der Waals surface area (Å²) in [5.74, 6) is -0.935. The highest BCUT2D eigenvalue weighted by atomic mass is 16.6. The SMILES string of the molecule is C1CO1.C1CO1.C1CO1.C1CO1.C=C(C)C(=O)O.CC1CO1. The highest BCUT2D eigenvalue weighted by molar-refractivity contribution is 5.84. The van der Waals surface area contributed by atoms with Crippen molar-refractivity contribution in [3.63, 3.8) is 0 Å². The Bertz CT molecular complexity index is 235. The van der Waals surface area contributed by atoms with Crippen molar-refractivity contribution in [2.75, 3.05) is 59.5 Å². The molecule has 5 saturated heterocycles. The summed E-state index contributed by atoms with van der Waals surface area (Å²) < 4.78 is 22.7. The number of carbonyl (C=O) groups is 1. The molecule has 0 amide bonds. The number of epoxide rings is 5. The molecule has 7 heteroatoms. The summed E-state index contributed by atoms with van der Waals surface area (Å²) in [6, 6.07) is 0. The van der Waals surface area contributed by atoms with Crippen LogP contribution in [0.4, 0.5) is 0 Å². The van der Waals surface area contributed by atoms with Crippen molar-refractivity contribution < 1.29 is 33.6 Å². The van der Waals surface area contributed by atoms with Gasteiger partial charge in [0, 0.05) is 5.57 Å². The van der Waals surface area contributed by atoms with E-state index in [1.807, 2.05) is 0 Å².